The van der Waals surface area contributed by atoms with E-state index in [1.54, 1.807) is 10.4 Å². The minimum Gasteiger partial charge on any atom is -0.361 e. The fourth-order valence-electron chi connectivity index (χ4n) is 4.56. The van der Waals surface area contributed by atoms with E-state index in [-0.39, 0.29) is 17.9 Å². The molecule has 7 heteroatoms. The summed E-state index contributed by atoms with van der Waals surface area (Å²) in [5.41, 5.74) is 2.76. The van der Waals surface area contributed by atoms with Crippen LogP contribution >= 0.6 is 0 Å². The van der Waals surface area contributed by atoms with Crippen molar-refractivity contribution in [2.45, 2.75) is 50.0 Å². The first-order chi connectivity index (χ1) is 14.8. The van der Waals surface area contributed by atoms with Crippen LogP contribution in [0.1, 0.15) is 44.2 Å². The highest BCUT2D eigenvalue weighted by atomic mass is 32.2. The van der Waals surface area contributed by atoms with Gasteiger partial charge in [-0.15, -0.1) is 0 Å². The van der Waals surface area contributed by atoms with E-state index in [0.29, 0.717) is 31.1 Å². The van der Waals surface area contributed by atoms with Crippen LogP contribution in [0, 0.1) is 0 Å². The second-order valence-electron chi connectivity index (χ2n) is 9.15. The zero-order chi connectivity index (χ0) is 22.1. The lowest BCUT2D eigenvalue weighted by atomic mass is 9.87. The molecule has 0 spiro atoms. The Kier molecular flexibility index (Phi) is 6.08. The quantitative estimate of drug-likeness (QED) is 0.747. The molecule has 1 amide bonds. The third-order valence-electron chi connectivity index (χ3n) is 6.24. The molecule has 6 nitrogen and oxygen atoms in total. The zero-order valence-corrected chi connectivity index (χ0v) is 19.1. The van der Waals surface area contributed by atoms with Gasteiger partial charge < -0.3 is 10.2 Å². The molecule has 2 aromatic carbocycles. The van der Waals surface area contributed by atoms with Gasteiger partial charge in [0.05, 0.1) is 11.4 Å². The van der Waals surface area contributed by atoms with E-state index in [4.69, 9.17) is 0 Å². The van der Waals surface area contributed by atoms with Gasteiger partial charge in [-0.25, -0.2) is 8.42 Å². The number of amides is 1. The molecule has 0 radical (unpaired) electrons. The van der Waals surface area contributed by atoms with E-state index in [1.807, 2.05) is 47.4 Å². The van der Waals surface area contributed by atoms with Gasteiger partial charge in [0.15, 0.2) is 0 Å². The average molecular weight is 442 g/mol. The van der Waals surface area contributed by atoms with Crippen LogP contribution in [0.15, 0.2) is 53.4 Å². The Morgan fingerprint density at radius 1 is 1.03 bits per heavy atom. The second-order valence-corrected chi connectivity index (χ2v) is 11.1. The monoisotopic (exact) mass is 441 g/mol. The number of sulfonamides is 1. The maximum atomic E-state index is 13.1. The molecule has 1 fully saturated rings. The largest absolute Gasteiger partial charge is 0.361 e. The van der Waals surface area contributed by atoms with E-state index < -0.39 is 10.0 Å². The summed E-state index contributed by atoms with van der Waals surface area (Å²) in [5, 5.41) is 2.98. The number of benzene rings is 2. The smallest absolute Gasteiger partial charge is 0.243 e. The Morgan fingerprint density at radius 2 is 1.74 bits per heavy atom. The Morgan fingerprint density at radius 3 is 2.45 bits per heavy atom. The summed E-state index contributed by atoms with van der Waals surface area (Å²) in [6.45, 7) is 6.82. The van der Waals surface area contributed by atoms with Crippen molar-refractivity contribution in [1.29, 1.82) is 0 Å². The highest BCUT2D eigenvalue weighted by molar-refractivity contribution is 7.89. The Labute approximate surface area is 185 Å². The number of rotatable bonds is 6. The highest BCUT2D eigenvalue weighted by Gasteiger charge is 2.37. The predicted molar refractivity (Wildman–Crippen MR) is 123 cm³/mol. The third kappa shape index (κ3) is 4.62. The van der Waals surface area contributed by atoms with Crippen molar-refractivity contribution in [3.63, 3.8) is 0 Å². The minimum atomic E-state index is -3.48. The molecule has 0 aliphatic carbocycles. The second kappa shape index (κ2) is 8.63. The molecule has 31 heavy (non-hydrogen) atoms. The molecule has 1 saturated heterocycles. The fraction of sp³-hybridized carbons (Fsp3) is 0.458. The number of carbonyl (C=O) groups excluding carboxylic acids is 1. The maximum absolute atomic E-state index is 13.1. The van der Waals surface area contributed by atoms with Crippen molar-refractivity contribution in [2.75, 3.05) is 31.1 Å². The van der Waals surface area contributed by atoms with Crippen LogP contribution < -0.4 is 10.2 Å². The zero-order valence-electron chi connectivity index (χ0n) is 18.3. The summed E-state index contributed by atoms with van der Waals surface area (Å²) in [7, 11) is -3.48. The third-order valence-corrected chi connectivity index (χ3v) is 8.14. The van der Waals surface area contributed by atoms with Crippen LogP contribution in [0.25, 0.3) is 0 Å². The summed E-state index contributed by atoms with van der Waals surface area (Å²) in [6.07, 6.45) is 2.92. The first-order valence-corrected chi connectivity index (χ1v) is 12.4. The molecule has 2 aromatic rings. The first-order valence-electron chi connectivity index (χ1n) is 11.0. The van der Waals surface area contributed by atoms with Gasteiger partial charge in [0.1, 0.15) is 0 Å². The number of hydrogen-bond donors (Lipinski definition) is 1. The normalized spacial score (nSPS) is 18.6. The molecule has 0 aromatic heterocycles. The number of fused-ring (bicyclic) bond motifs is 1. The van der Waals surface area contributed by atoms with Crippen molar-refractivity contribution in [3.8, 4) is 0 Å². The van der Waals surface area contributed by atoms with Gasteiger partial charge in [0.25, 0.3) is 0 Å². The Balaban J connectivity index is 1.50. The van der Waals surface area contributed by atoms with Crippen LogP contribution in [0.3, 0.4) is 0 Å². The van der Waals surface area contributed by atoms with Crippen LogP contribution in [-0.2, 0) is 26.8 Å². The first kappa shape index (κ1) is 21.8. The van der Waals surface area contributed by atoms with Crippen molar-refractivity contribution in [2.24, 2.45) is 0 Å². The molecule has 2 heterocycles. The standard InChI is InChI=1S/C24H31N3O3S/c1-24(2)18-26(17-23(28)25-16-19-9-5-3-6-10-19)22-12-11-20(15-21(22)24)31(29,30)27-13-7-4-8-14-27/h3,5-6,9-12,15H,4,7-8,13-14,16-18H2,1-2H3,(H,25,28). The van der Waals surface area contributed by atoms with Gasteiger partial charge in [-0.05, 0) is 42.2 Å². The number of nitrogens with zero attached hydrogens (tertiary/aromatic N) is 2. The van der Waals surface area contributed by atoms with E-state index in [1.165, 1.54) is 0 Å². The summed E-state index contributed by atoms with van der Waals surface area (Å²) in [4.78, 5) is 15.0. The molecular formula is C24H31N3O3S. The molecule has 0 atom stereocenters. The molecule has 1 N–H and O–H groups in total. The maximum Gasteiger partial charge on any atom is 0.243 e. The lowest BCUT2D eigenvalue weighted by molar-refractivity contribution is -0.119. The Bertz CT molecular complexity index is 1040. The minimum absolute atomic E-state index is 0.0440. The summed E-state index contributed by atoms with van der Waals surface area (Å²) >= 11 is 0. The lowest BCUT2D eigenvalue weighted by Crippen LogP contribution is -2.38. The molecule has 4 rings (SSSR count). The number of carbonyl (C=O) groups is 1. The molecule has 0 unspecified atom stereocenters. The van der Waals surface area contributed by atoms with E-state index in [0.717, 1.165) is 36.1 Å². The van der Waals surface area contributed by atoms with E-state index in [9.17, 15) is 13.2 Å². The van der Waals surface area contributed by atoms with Crippen LogP contribution in [0.4, 0.5) is 5.69 Å². The summed E-state index contributed by atoms with van der Waals surface area (Å²) < 4.78 is 27.9. The van der Waals surface area contributed by atoms with Gasteiger partial charge in [-0.1, -0.05) is 50.6 Å². The van der Waals surface area contributed by atoms with Crippen molar-refractivity contribution in [1.82, 2.24) is 9.62 Å². The Hall–Kier alpha value is -2.38. The van der Waals surface area contributed by atoms with Gasteiger partial charge >= 0.3 is 0 Å². The molecule has 2 aliphatic rings. The van der Waals surface area contributed by atoms with E-state index in [2.05, 4.69) is 19.2 Å². The van der Waals surface area contributed by atoms with Crippen LogP contribution in [-0.4, -0.2) is 44.8 Å². The SMILES string of the molecule is CC1(C)CN(CC(=O)NCc2ccccc2)c2ccc(S(=O)(=O)N3CCCCC3)cc21. The average Bonchev–Trinajstić information content (AvgIpc) is 3.03. The molecule has 2 aliphatic heterocycles. The van der Waals surface area contributed by atoms with Gasteiger partial charge in [0, 0.05) is 37.3 Å². The topological polar surface area (TPSA) is 69.7 Å². The van der Waals surface area contributed by atoms with Crippen molar-refractivity contribution < 1.29 is 13.2 Å². The lowest BCUT2D eigenvalue weighted by Gasteiger charge is -2.26. The number of hydrogen-bond acceptors (Lipinski definition) is 4. The van der Waals surface area contributed by atoms with Gasteiger partial charge in [-0.3, -0.25) is 4.79 Å². The van der Waals surface area contributed by atoms with Gasteiger partial charge in [-0.2, -0.15) is 4.31 Å². The summed E-state index contributed by atoms with van der Waals surface area (Å²) in [6, 6.07) is 15.2. The van der Waals surface area contributed by atoms with Crippen LogP contribution in [0.2, 0.25) is 0 Å². The number of anilines is 1. The van der Waals surface area contributed by atoms with Crippen molar-refractivity contribution in [3.05, 3.63) is 59.7 Å². The van der Waals surface area contributed by atoms with Gasteiger partial charge in [0.2, 0.25) is 15.9 Å². The molecule has 0 saturated carbocycles. The predicted octanol–water partition coefficient (Wildman–Crippen LogP) is 3.28. The molecule has 0 bridgehead atoms. The molecular weight excluding hydrogens is 410 g/mol. The molecule has 166 valence electrons. The highest BCUT2D eigenvalue weighted by Crippen LogP contribution is 2.41. The number of piperidine rings is 1. The van der Waals surface area contributed by atoms with E-state index >= 15 is 0 Å². The fourth-order valence-corrected chi connectivity index (χ4v) is 6.11. The summed E-state index contributed by atoms with van der Waals surface area (Å²) in [5.74, 6) is -0.0440. The number of nitrogens with one attached hydrogen (secondary N) is 1. The van der Waals surface area contributed by atoms with Crippen molar-refractivity contribution >= 4 is 21.6 Å². The van der Waals surface area contributed by atoms with Crippen LogP contribution in [0.5, 0.6) is 0 Å².